The van der Waals surface area contributed by atoms with Crippen LogP contribution in [0.5, 0.6) is 5.75 Å². The molecule has 3 nitrogen and oxygen atoms in total. The Balaban J connectivity index is 2.63. The zero-order valence-corrected chi connectivity index (χ0v) is 10.7. The third-order valence-electron chi connectivity index (χ3n) is 2.68. The van der Waals surface area contributed by atoms with Crippen LogP contribution >= 0.6 is 0 Å². The molecule has 0 aliphatic rings. The lowest BCUT2D eigenvalue weighted by Crippen LogP contribution is -2.05. The molecule has 0 aliphatic carbocycles. The molecule has 1 aromatic carbocycles. The molecule has 1 N–H and O–H groups in total. The van der Waals surface area contributed by atoms with Crippen LogP contribution in [0.3, 0.4) is 0 Å². The third-order valence-corrected chi connectivity index (χ3v) is 2.68. The fraction of sp³-hybridized carbons (Fsp3) is 0.500. The minimum absolute atomic E-state index is 0.222. The number of esters is 1. The van der Waals surface area contributed by atoms with Gasteiger partial charge in [-0.25, -0.2) is 0 Å². The van der Waals surface area contributed by atoms with Crippen LogP contribution < -0.4 is 0 Å². The maximum absolute atomic E-state index is 11.2. The summed E-state index contributed by atoms with van der Waals surface area (Å²) in [5.74, 6) is 0.431. The Morgan fingerprint density at radius 1 is 1.41 bits per heavy atom. The minimum atomic E-state index is -0.222. The molecule has 0 spiro atoms. The zero-order chi connectivity index (χ0) is 12.8. The van der Waals surface area contributed by atoms with Crippen molar-refractivity contribution in [3.8, 4) is 5.75 Å². The fourth-order valence-electron chi connectivity index (χ4n) is 1.62. The van der Waals surface area contributed by atoms with Gasteiger partial charge in [0.2, 0.25) is 0 Å². The van der Waals surface area contributed by atoms with Crippen LogP contribution in [0.4, 0.5) is 0 Å². The average Bonchev–Trinajstić information content (AvgIpc) is 2.27. The van der Waals surface area contributed by atoms with E-state index >= 15 is 0 Å². The maximum Gasteiger partial charge on any atom is 0.306 e. The number of hydrogen-bond acceptors (Lipinski definition) is 3. The van der Waals surface area contributed by atoms with E-state index in [0.29, 0.717) is 25.4 Å². The first kappa shape index (κ1) is 13.6. The molecule has 3 heteroatoms. The first-order chi connectivity index (χ1) is 8.04. The second-order valence-corrected chi connectivity index (χ2v) is 4.35. The highest BCUT2D eigenvalue weighted by atomic mass is 16.5. The van der Waals surface area contributed by atoms with E-state index in [0.717, 1.165) is 11.1 Å². The number of ether oxygens (including phenoxy) is 1. The van der Waals surface area contributed by atoms with E-state index in [4.69, 9.17) is 4.74 Å². The normalized spacial score (nSPS) is 10.6. The van der Waals surface area contributed by atoms with Crippen molar-refractivity contribution in [3.05, 3.63) is 29.3 Å². The van der Waals surface area contributed by atoms with Gasteiger partial charge in [0.05, 0.1) is 6.61 Å². The molecule has 0 heterocycles. The van der Waals surface area contributed by atoms with E-state index < -0.39 is 0 Å². The summed E-state index contributed by atoms with van der Waals surface area (Å²) in [4.78, 5) is 11.2. The Morgan fingerprint density at radius 3 is 2.65 bits per heavy atom. The van der Waals surface area contributed by atoms with Crippen LogP contribution in [0, 0.1) is 0 Å². The molecule has 0 saturated carbocycles. The van der Waals surface area contributed by atoms with Gasteiger partial charge in [-0.2, -0.15) is 0 Å². The van der Waals surface area contributed by atoms with Crippen LogP contribution in [-0.2, 0) is 16.0 Å². The van der Waals surface area contributed by atoms with E-state index in [9.17, 15) is 9.90 Å². The number of benzene rings is 1. The third kappa shape index (κ3) is 4.10. The molecular formula is C14H20O3. The standard InChI is InChI=1S/C14H20O3/c1-4-17-14(16)8-7-11-5-6-12(10(2)3)9-13(11)15/h5-6,9-10,15H,4,7-8H2,1-3H3. The lowest BCUT2D eigenvalue weighted by Gasteiger charge is -2.09. The highest BCUT2D eigenvalue weighted by molar-refractivity contribution is 5.69. The summed E-state index contributed by atoms with van der Waals surface area (Å²) in [6.45, 7) is 6.34. The van der Waals surface area contributed by atoms with Gasteiger partial charge in [-0.05, 0) is 36.5 Å². The van der Waals surface area contributed by atoms with Crippen molar-refractivity contribution in [1.82, 2.24) is 0 Å². The monoisotopic (exact) mass is 236 g/mol. The van der Waals surface area contributed by atoms with Crippen molar-refractivity contribution in [1.29, 1.82) is 0 Å². The number of aryl methyl sites for hydroxylation is 1. The van der Waals surface area contributed by atoms with Crippen molar-refractivity contribution >= 4 is 5.97 Å². The van der Waals surface area contributed by atoms with E-state index in [1.165, 1.54) is 0 Å². The van der Waals surface area contributed by atoms with Crippen LogP contribution in [0.2, 0.25) is 0 Å². The molecule has 0 aliphatic heterocycles. The molecule has 0 unspecified atom stereocenters. The molecule has 17 heavy (non-hydrogen) atoms. The number of aromatic hydroxyl groups is 1. The smallest absolute Gasteiger partial charge is 0.306 e. The molecule has 0 radical (unpaired) electrons. The first-order valence-corrected chi connectivity index (χ1v) is 6.02. The average molecular weight is 236 g/mol. The van der Waals surface area contributed by atoms with Crippen molar-refractivity contribution in [3.63, 3.8) is 0 Å². The van der Waals surface area contributed by atoms with Crippen LogP contribution in [0.1, 0.15) is 44.2 Å². The van der Waals surface area contributed by atoms with Gasteiger partial charge in [-0.1, -0.05) is 26.0 Å². The van der Waals surface area contributed by atoms with Crippen molar-refractivity contribution in [2.45, 2.75) is 39.5 Å². The topological polar surface area (TPSA) is 46.5 Å². The number of carbonyl (C=O) groups is 1. The quantitative estimate of drug-likeness (QED) is 0.799. The molecule has 0 atom stereocenters. The Kier molecular flexibility index (Phi) is 5.01. The van der Waals surface area contributed by atoms with Crippen molar-refractivity contribution in [2.24, 2.45) is 0 Å². The van der Waals surface area contributed by atoms with E-state index in [1.807, 2.05) is 12.1 Å². The van der Waals surface area contributed by atoms with Crippen LogP contribution in [-0.4, -0.2) is 17.7 Å². The first-order valence-electron chi connectivity index (χ1n) is 6.02. The predicted molar refractivity (Wildman–Crippen MR) is 67.1 cm³/mol. The molecule has 1 aromatic rings. The number of hydrogen-bond donors (Lipinski definition) is 1. The molecule has 0 bridgehead atoms. The summed E-state index contributed by atoms with van der Waals surface area (Å²) in [6, 6.07) is 5.64. The summed E-state index contributed by atoms with van der Waals surface area (Å²) < 4.78 is 4.84. The molecular weight excluding hydrogens is 216 g/mol. The van der Waals surface area contributed by atoms with Gasteiger partial charge in [0.25, 0.3) is 0 Å². The summed E-state index contributed by atoms with van der Waals surface area (Å²) in [7, 11) is 0. The summed E-state index contributed by atoms with van der Waals surface area (Å²) >= 11 is 0. The second-order valence-electron chi connectivity index (χ2n) is 4.35. The van der Waals surface area contributed by atoms with Gasteiger partial charge in [-0.3, -0.25) is 4.79 Å². The predicted octanol–water partition coefficient (Wildman–Crippen LogP) is 3.01. The Bertz CT molecular complexity index is 383. The van der Waals surface area contributed by atoms with Gasteiger partial charge >= 0.3 is 5.97 Å². The second kappa shape index (κ2) is 6.28. The van der Waals surface area contributed by atoms with Crippen LogP contribution in [0.25, 0.3) is 0 Å². The van der Waals surface area contributed by atoms with Gasteiger partial charge in [0, 0.05) is 6.42 Å². The van der Waals surface area contributed by atoms with E-state index in [1.54, 1.807) is 13.0 Å². The maximum atomic E-state index is 11.2. The lowest BCUT2D eigenvalue weighted by atomic mass is 9.99. The van der Waals surface area contributed by atoms with Crippen LogP contribution in [0.15, 0.2) is 18.2 Å². The van der Waals surface area contributed by atoms with Gasteiger partial charge < -0.3 is 9.84 Å². The number of carbonyl (C=O) groups excluding carboxylic acids is 1. The SMILES string of the molecule is CCOC(=O)CCc1ccc(C(C)C)cc1O. The zero-order valence-electron chi connectivity index (χ0n) is 10.7. The lowest BCUT2D eigenvalue weighted by molar-refractivity contribution is -0.143. The number of phenolic OH excluding ortho intramolecular Hbond substituents is 1. The van der Waals surface area contributed by atoms with E-state index in [2.05, 4.69) is 13.8 Å². The van der Waals surface area contributed by atoms with Gasteiger partial charge in [0.1, 0.15) is 5.75 Å². The molecule has 0 amide bonds. The van der Waals surface area contributed by atoms with Crippen molar-refractivity contribution in [2.75, 3.05) is 6.61 Å². The summed E-state index contributed by atoms with van der Waals surface area (Å²) in [5, 5.41) is 9.83. The van der Waals surface area contributed by atoms with Gasteiger partial charge in [-0.15, -0.1) is 0 Å². The molecule has 0 fully saturated rings. The summed E-state index contributed by atoms with van der Waals surface area (Å²) in [5.41, 5.74) is 1.89. The highest BCUT2D eigenvalue weighted by Crippen LogP contribution is 2.24. The molecule has 94 valence electrons. The fourth-order valence-corrected chi connectivity index (χ4v) is 1.62. The highest BCUT2D eigenvalue weighted by Gasteiger charge is 2.08. The molecule has 0 aromatic heterocycles. The Morgan fingerprint density at radius 2 is 2.12 bits per heavy atom. The Labute approximate surface area is 102 Å². The summed E-state index contributed by atoms with van der Waals surface area (Å²) in [6.07, 6.45) is 0.825. The largest absolute Gasteiger partial charge is 0.508 e. The number of rotatable bonds is 5. The molecule has 1 rings (SSSR count). The van der Waals surface area contributed by atoms with Gasteiger partial charge in [0.15, 0.2) is 0 Å². The number of phenols is 1. The molecule has 0 saturated heterocycles. The van der Waals surface area contributed by atoms with E-state index in [-0.39, 0.29) is 11.7 Å². The minimum Gasteiger partial charge on any atom is -0.508 e. The Hall–Kier alpha value is -1.51. The van der Waals surface area contributed by atoms with Crippen molar-refractivity contribution < 1.29 is 14.6 Å².